The van der Waals surface area contributed by atoms with E-state index in [4.69, 9.17) is 18.6 Å². The van der Waals surface area contributed by atoms with Crippen molar-refractivity contribution < 1.29 is 37.8 Å². The number of piperidine rings is 2. The Bertz CT molecular complexity index is 2100. The van der Waals surface area contributed by atoms with Crippen molar-refractivity contribution in [1.82, 2.24) is 34.0 Å². The molecule has 17 nitrogen and oxygen atoms in total. The molecule has 4 aliphatic rings. The van der Waals surface area contributed by atoms with E-state index in [2.05, 4.69) is 20.0 Å². The summed E-state index contributed by atoms with van der Waals surface area (Å²) < 4.78 is 23.7. The number of benzene rings is 2. The van der Waals surface area contributed by atoms with Crippen molar-refractivity contribution in [2.24, 2.45) is 7.05 Å². The molecule has 3 aromatic rings. The summed E-state index contributed by atoms with van der Waals surface area (Å²) in [5, 5.41) is 3.05. The van der Waals surface area contributed by atoms with Crippen LogP contribution >= 0.6 is 0 Å². The first-order valence-corrected chi connectivity index (χ1v) is 22.8. The van der Waals surface area contributed by atoms with E-state index in [0.29, 0.717) is 88.9 Å². The zero-order valence-electron chi connectivity index (χ0n) is 37.6. The SMILES string of the molecule is COCCN(C)CCCOC(=O)CCN1CCN(C2CCN(C(=O)[C@@H](Cc3cc(C)c4c(c3)oc(=O)n4C)OC(=O)N3CCC(N4CCc5ccccc5NC4=O)CC3)CC2)CC1. The molecule has 17 heteroatoms. The first kappa shape index (κ1) is 46.0. The van der Waals surface area contributed by atoms with E-state index in [1.165, 1.54) is 4.57 Å². The van der Waals surface area contributed by atoms with Gasteiger partial charge in [0.1, 0.15) is 0 Å². The fourth-order valence-electron chi connectivity index (χ4n) is 9.59. The zero-order valence-corrected chi connectivity index (χ0v) is 37.6. The number of para-hydroxylation sites is 1. The average molecular weight is 875 g/mol. The highest BCUT2D eigenvalue weighted by Crippen LogP contribution is 2.27. The summed E-state index contributed by atoms with van der Waals surface area (Å²) in [6.07, 6.45) is 3.25. The molecule has 4 aliphatic heterocycles. The lowest BCUT2D eigenvalue weighted by molar-refractivity contribution is -0.144. The Labute approximate surface area is 370 Å². The van der Waals surface area contributed by atoms with Crippen molar-refractivity contribution in [3.8, 4) is 0 Å². The monoisotopic (exact) mass is 874 g/mol. The number of fused-ring (bicyclic) bond motifs is 2. The van der Waals surface area contributed by atoms with Gasteiger partial charge in [0.2, 0.25) is 0 Å². The van der Waals surface area contributed by atoms with Crippen LogP contribution in [0.3, 0.4) is 0 Å². The highest BCUT2D eigenvalue weighted by molar-refractivity contribution is 5.91. The Balaban J connectivity index is 0.903. The number of anilines is 1. The molecule has 3 fully saturated rings. The summed E-state index contributed by atoms with van der Waals surface area (Å²) in [6.45, 7) is 11.4. The lowest BCUT2D eigenvalue weighted by Crippen LogP contribution is -2.55. The summed E-state index contributed by atoms with van der Waals surface area (Å²) in [7, 11) is 5.38. The molecule has 1 aromatic heterocycles. The number of likely N-dealkylation sites (tertiary alicyclic amines) is 2. The molecule has 2 aromatic carbocycles. The zero-order chi connectivity index (χ0) is 44.5. The number of methoxy groups -OCH3 is 1. The number of carbonyl (C=O) groups excluding carboxylic acids is 4. The molecular formula is C46H66N8O9. The van der Waals surface area contributed by atoms with Crippen LogP contribution in [0.5, 0.6) is 0 Å². The lowest BCUT2D eigenvalue weighted by atomic mass is 9.99. The van der Waals surface area contributed by atoms with Gasteiger partial charge in [-0.2, -0.15) is 0 Å². The summed E-state index contributed by atoms with van der Waals surface area (Å²) >= 11 is 0. The molecule has 0 unspecified atom stereocenters. The van der Waals surface area contributed by atoms with Crippen molar-refractivity contribution >= 4 is 40.8 Å². The summed E-state index contributed by atoms with van der Waals surface area (Å²) in [4.78, 5) is 78.6. The Hall–Kier alpha value is -4.97. The number of aryl methyl sites for hydroxylation is 2. The number of rotatable bonds is 16. The second-order valence-electron chi connectivity index (χ2n) is 17.6. The van der Waals surface area contributed by atoms with Gasteiger partial charge in [-0.3, -0.25) is 19.1 Å². The number of hydrogen-bond acceptors (Lipinski definition) is 12. The molecule has 344 valence electrons. The standard InChI is InChI=1S/C46H66N8O9/c1-33-30-34(31-39-42(33)49(3)45(58)62-39)32-40(63-46(59)53-20-13-37(14-21-53)54-22-10-35-8-5-6-9-38(35)47-44(54)57)43(56)52-18-11-36(12-19-52)51-25-23-50(24-26-51)17-15-41(55)61-28-7-16-48(2)27-29-60-4/h5-6,8-9,30-31,36-37,40H,7,10-29,32H2,1-4H3,(H,47,57)/t40-/m1/s1. The van der Waals surface area contributed by atoms with E-state index in [-0.39, 0.29) is 30.4 Å². The third-order valence-corrected chi connectivity index (χ3v) is 13.3. The minimum atomic E-state index is -1.08. The van der Waals surface area contributed by atoms with Crippen LogP contribution in [-0.4, -0.2) is 182 Å². The normalized spacial score (nSPS) is 18.9. The maximum atomic E-state index is 14.4. The van der Waals surface area contributed by atoms with Crippen LogP contribution in [0, 0.1) is 6.92 Å². The van der Waals surface area contributed by atoms with Gasteiger partial charge in [0.25, 0.3) is 5.91 Å². The number of oxazole rings is 1. The van der Waals surface area contributed by atoms with E-state index in [1.807, 2.05) is 54.1 Å². The number of amides is 4. The van der Waals surface area contributed by atoms with Gasteiger partial charge in [-0.25, -0.2) is 14.4 Å². The number of likely N-dealkylation sites (N-methyl/N-ethyl adjacent to an activating group) is 1. The number of urea groups is 1. The topological polar surface area (TPSA) is 163 Å². The van der Waals surface area contributed by atoms with Crippen molar-refractivity contribution in [1.29, 1.82) is 0 Å². The second-order valence-corrected chi connectivity index (χ2v) is 17.6. The van der Waals surface area contributed by atoms with Gasteiger partial charge in [-0.05, 0) is 81.3 Å². The molecule has 3 saturated heterocycles. The minimum Gasteiger partial charge on any atom is -0.466 e. The molecule has 5 heterocycles. The maximum absolute atomic E-state index is 14.4. The predicted molar refractivity (Wildman–Crippen MR) is 238 cm³/mol. The highest BCUT2D eigenvalue weighted by atomic mass is 16.6. The minimum absolute atomic E-state index is 0.0245. The molecule has 63 heavy (non-hydrogen) atoms. The molecule has 7 rings (SSSR count). The molecule has 0 spiro atoms. The Morgan fingerprint density at radius 3 is 2.35 bits per heavy atom. The number of piperazine rings is 1. The van der Waals surface area contributed by atoms with Crippen LogP contribution in [0.25, 0.3) is 11.1 Å². The van der Waals surface area contributed by atoms with E-state index < -0.39 is 18.0 Å². The predicted octanol–water partition coefficient (Wildman–Crippen LogP) is 3.55. The van der Waals surface area contributed by atoms with Crippen molar-refractivity contribution in [2.45, 2.75) is 76.5 Å². The number of carbonyl (C=O) groups is 4. The van der Waals surface area contributed by atoms with Gasteiger partial charge in [-0.15, -0.1) is 0 Å². The average Bonchev–Trinajstić information content (AvgIpc) is 3.47. The van der Waals surface area contributed by atoms with Crippen molar-refractivity contribution in [3.05, 3.63) is 63.6 Å². The van der Waals surface area contributed by atoms with Gasteiger partial charge >= 0.3 is 23.8 Å². The first-order valence-electron chi connectivity index (χ1n) is 22.8. The quantitative estimate of drug-likeness (QED) is 0.165. The number of aromatic nitrogens is 1. The number of nitrogens with zero attached hydrogens (tertiary/aromatic N) is 7. The van der Waals surface area contributed by atoms with Gasteiger partial charge < -0.3 is 48.4 Å². The van der Waals surface area contributed by atoms with Crippen LogP contribution in [0.15, 0.2) is 45.6 Å². The molecule has 0 aliphatic carbocycles. The summed E-state index contributed by atoms with van der Waals surface area (Å²) in [5.41, 5.74) is 4.60. The van der Waals surface area contributed by atoms with Crippen LogP contribution in [0.4, 0.5) is 15.3 Å². The fourth-order valence-corrected chi connectivity index (χ4v) is 9.59. The van der Waals surface area contributed by atoms with Gasteiger partial charge in [0.15, 0.2) is 11.7 Å². The van der Waals surface area contributed by atoms with Gasteiger partial charge in [-0.1, -0.05) is 24.3 Å². The van der Waals surface area contributed by atoms with E-state index in [9.17, 15) is 24.0 Å². The number of hydrogen-bond donors (Lipinski definition) is 1. The lowest BCUT2D eigenvalue weighted by Gasteiger charge is -2.43. The molecule has 0 radical (unpaired) electrons. The van der Waals surface area contributed by atoms with E-state index in [1.54, 1.807) is 25.1 Å². The number of nitrogens with one attached hydrogen (secondary N) is 1. The van der Waals surface area contributed by atoms with Crippen LogP contribution < -0.4 is 11.1 Å². The third-order valence-electron chi connectivity index (χ3n) is 13.3. The Morgan fingerprint density at radius 2 is 1.60 bits per heavy atom. The number of ether oxygens (including phenoxy) is 3. The van der Waals surface area contributed by atoms with Gasteiger partial charge in [0.05, 0.1) is 25.2 Å². The fraction of sp³-hybridized carbons (Fsp3) is 0.630. The molecule has 1 atom stereocenters. The Kier molecular flexibility index (Phi) is 15.8. The second kappa shape index (κ2) is 21.6. The molecular weight excluding hydrogens is 809 g/mol. The first-order chi connectivity index (χ1) is 30.5. The maximum Gasteiger partial charge on any atom is 0.419 e. The molecule has 0 bridgehead atoms. The highest BCUT2D eigenvalue weighted by Gasteiger charge is 2.37. The number of esters is 1. The summed E-state index contributed by atoms with van der Waals surface area (Å²) in [5.74, 6) is -0.862. The van der Waals surface area contributed by atoms with Crippen LogP contribution in [0.2, 0.25) is 0 Å². The molecule has 0 saturated carbocycles. The smallest absolute Gasteiger partial charge is 0.419 e. The van der Waals surface area contributed by atoms with Crippen molar-refractivity contribution in [3.63, 3.8) is 0 Å². The molecule has 1 N–H and O–H groups in total. The van der Waals surface area contributed by atoms with E-state index in [0.717, 1.165) is 87.3 Å². The largest absolute Gasteiger partial charge is 0.466 e. The summed E-state index contributed by atoms with van der Waals surface area (Å²) in [6, 6.07) is 11.7. The molecule has 4 amide bonds. The third kappa shape index (κ3) is 11.8. The van der Waals surface area contributed by atoms with Crippen molar-refractivity contribution in [2.75, 3.05) is 111 Å². The van der Waals surface area contributed by atoms with E-state index >= 15 is 0 Å². The Morgan fingerprint density at radius 1 is 0.889 bits per heavy atom. The van der Waals surface area contributed by atoms with Crippen LogP contribution in [0.1, 0.15) is 55.2 Å². The van der Waals surface area contributed by atoms with Crippen LogP contribution in [-0.2, 0) is 43.7 Å². The van der Waals surface area contributed by atoms with Gasteiger partial charge in [0, 0.05) is 117 Å².